The van der Waals surface area contributed by atoms with Crippen LogP contribution in [0.1, 0.15) is 18.1 Å². The summed E-state index contributed by atoms with van der Waals surface area (Å²) in [6, 6.07) is 5.91. The van der Waals surface area contributed by atoms with Crippen molar-refractivity contribution >= 4 is 11.7 Å². The van der Waals surface area contributed by atoms with Gasteiger partial charge in [-0.2, -0.15) is 5.10 Å². The first kappa shape index (κ1) is 16.0. The van der Waals surface area contributed by atoms with Crippen LogP contribution >= 0.6 is 0 Å². The number of carbonyl (C=O) groups is 1. The molecule has 0 atom stereocenters. The Morgan fingerprint density at radius 1 is 1.35 bits per heavy atom. The molecule has 1 aromatic heterocycles. The number of nitrogens with two attached hydrogens (primary N) is 1. The van der Waals surface area contributed by atoms with E-state index in [9.17, 15) is 19.5 Å². The van der Waals surface area contributed by atoms with Gasteiger partial charge in [0.2, 0.25) is 5.88 Å². The van der Waals surface area contributed by atoms with Crippen LogP contribution in [0.25, 0.3) is 5.69 Å². The lowest BCUT2D eigenvalue weighted by Crippen LogP contribution is -2.34. The van der Waals surface area contributed by atoms with Gasteiger partial charge in [0.1, 0.15) is 5.56 Å². The number of carbonyl (C=O) groups excluding carboxylic acids is 1. The highest BCUT2D eigenvalue weighted by atomic mass is 16.3. The molecule has 0 saturated carbocycles. The molecule has 23 heavy (non-hydrogen) atoms. The van der Waals surface area contributed by atoms with Crippen molar-refractivity contribution in [3.05, 3.63) is 56.2 Å². The highest BCUT2D eigenvalue weighted by Crippen LogP contribution is 2.19. The summed E-state index contributed by atoms with van der Waals surface area (Å²) < 4.78 is 0.954. The number of benzene rings is 1. The smallest absolute Gasteiger partial charge is 0.335 e. The first-order chi connectivity index (χ1) is 10.8. The average molecular weight is 317 g/mol. The van der Waals surface area contributed by atoms with Gasteiger partial charge < -0.3 is 10.8 Å². The number of urea groups is 1. The number of aromatic hydroxyl groups is 1. The number of nitrogens with zero attached hydrogens (tertiary/aromatic N) is 2. The van der Waals surface area contributed by atoms with Gasteiger partial charge >= 0.3 is 11.7 Å². The average Bonchev–Trinajstić information content (AvgIpc) is 2.46. The van der Waals surface area contributed by atoms with E-state index < -0.39 is 23.2 Å². The summed E-state index contributed by atoms with van der Waals surface area (Å²) in [6.45, 7) is 3.13. The maximum Gasteiger partial charge on any atom is 0.335 e. The van der Waals surface area contributed by atoms with Gasteiger partial charge in [0.05, 0.1) is 11.4 Å². The molecule has 0 aliphatic heterocycles. The van der Waals surface area contributed by atoms with Crippen molar-refractivity contribution in [2.24, 2.45) is 10.8 Å². The Morgan fingerprint density at radius 3 is 2.61 bits per heavy atom. The zero-order chi connectivity index (χ0) is 17.1. The molecular weight excluding hydrogens is 302 g/mol. The van der Waals surface area contributed by atoms with Crippen LogP contribution in [0.15, 0.2) is 39.0 Å². The minimum absolute atomic E-state index is 0.00937. The lowest BCUT2D eigenvalue weighted by molar-refractivity contribution is 0.249. The van der Waals surface area contributed by atoms with E-state index in [4.69, 9.17) is 5.73 Å². The van der Waals surface area contributed by atoms with Crippen molar-refractivity contribution in [1.82, 2.24) is 15.0 Å². The first-order valence-corrected chi connectivity index (χ1v) is 6.57. The molecular formula is C14H15N5O4. The van der Waals surface area contributed by atoms with Crippen molar-refractivity contribution in [2.75, 3.05) is 0 Å². The van der Waals surface area contributed by atoms with Crippen molar-refractivity contribution in [3.63, 3.8) is 0 Å². The molecule has 0 bridgehead atoms. The van der Waals surface area contributed by atoms with E-state index in [1.165, 1.54) is 6.92 Å². The quantitative estimate of drug-likeness (QED) is 0.464. The Balaban J connectivity index is 2.73. The Kier molecular flexibility index (Phi) is 4.30. The maximum absolute atomic E-state index is 12.1. The van der Waals surface area contributed by atoms with Crippen LogP contribution in [0.3, 0.4) is 0 Å². The minimum Gasteiger partial charge on any atom is -0.493 e. The van der Waals surface area contributed by atoms with Crippen LogP contribution in [-0.4, -0.2) is 26.4 Å². The fourth-order valence-corrected chi connectivity index (χ4v) is 2.08. The van der Waals surface area contributed by atoms with Crippen molar-refractivity contribution in [3.8, 4) is 11.6 Å². The van der Waals surface area contributed by atoms with Crippen LogP contribution in [0.2, 0.25) is 0 Å². The number of hydrogen-bond donors (Lipinski definition) is 4. The molecule has 0 radical (unpaired) electrons. The van der Waals surface area contributed by atoms with E-state index in [-0.39, 0.29) is 11.3 Å². The number of nitrogens with one attached hydrogen (secondary N) is 2. The summed E-state index contributed by atoms with van der Waals surface area (Å²) in [5, 5.41) is 14.0. The molecule has 2 aromatic rings. The zero-order valence-corrected chi connectivity index (χ0v) is 12.5. The summed E-state index contributed by atoms with van der Waals surface area (Å²) in [5.41, 5.74) is 6.10. The first-order valence-electron chi connectivity index (χ1n) is 6.57. The van der Waals surface area contributed by atoms with Gasteiger partial charge in [-0.05, 0) is 25.5 Å². The maximum atomic E-state index is 12.1. The van der Waals surface area contributed by atoms with E-state index in [0.29, 0.717) is 11.3 Å². The third-order valence-electron chi connectivity index (χ3n) is 3.14. The molecule has 120 valence electrons. The highest BCUT2D eigenvalue weighted by molar-refractivity contribution is 6.00. The van der Waals surface area contributed by atoms with Crippen LogP contribution < -0.4 is 22.4 Å². The van der Waals surface area contributed by atoms with Gasteiger partial charge in [0.15, 0.2) is 0 Å². The summed E-state index contributed by atoms with van der Waals surface area (Å²) >= 11 is 0. The highest BCUT2D eigenvalue weighted by Gasteiger charge is 2.18. The van der Waals surface area contributed by atoms with Gasteiger partial charge in [-0.15, -0.1) is 0 Å². The normalized spacial score (nSPS) is 11.3. The number of aromatic amines is 1. The lowest BCUT2D eigenvalue weighted by Gasteiger charge is -2.13. The van der Waals surface area contributed by atoms with E-state index >= 15 is 0 Å². The molecule has 0 fully saturated rings. The monoisotopic (exact) mass is 317 g/mol. The largest absolute Gasteiger partial charge is 0.493 e. The number of H-pyrrole nitrogens is 1. The summed E-state index contributed by atoms with van der Waals surface area (Å²) in [6.07, 6.45) is 0. The van der Waals surface area contributed by atoms with Crippen molar-refractivity contribution in [2.45, 2.75) is 13.8 Å². The molecule has 0 unspecified atom stereocenters. The number of rotatable bonds is 3. The minimum atomic E-state index is -0.924. The molecule has 0 spiro atoms. The third-order valence-corrected chi connectivity index (χ3v) is 3.14. The Labute approximate surface area is 130 Å². The van der Waals surface area contributed by atoms with E-state index in [0.717, 1.165) is 4.57 Å². The van der Waals surface area contributed by atoms with E-state index in [1.807, 2.05) is 5.43 Å². The predicted octanol–water partition coefficient (Wildman–Crippen LogP) is -0.0679. The second-order valence-corrected chi connectivity index (χ2v) is 4.75. The molecule has 1 heterocycles. The number of primary amides is 1. The standard InChI is InChI=1S/C14H15N5O4/c1-7-5-3-4-6-9(7)19-12(21)10(11(20)16-14(19)23)8(2)17-18-13(15)22/h3-6,21H,1-2H3,(H3,15,18,22)(H,16,20,23). The number of aromatic nitrogens is 2. The SMILES string of the molecule is CC(=NNC(N)=O)c1c(O)n(-c2ccccc2C)c(=O)[nH]c1=O. The van der Waals surface area contributed by atoms with Crippen LogP contribution in [0.4, 0.5) is 4.79 Å². The number of para-hydroxylation sites is 1. The van der Waals surface area contributed by atoms with Gasteiger partial charge in [0.25, 0.3) is 5.56 Å². The van der Waals surface area contributed by atoms with Crippen molar-refractivity contribution < 1.29 is 9.90 Å². The van der Waals surface area contributed by atoms with Gasteiger partial charge in [-0.25, -0.2) is 19.6 Å². The fraction of sp³-hybridized carbons (Fsp3) is 0.143. The lowest BCUT2D eigenvalue weighted by atomic mass is 10.1. The molecule has 9 nitrogen and oxygen atoms in total. The van der Waals surface area contributed by atoms with Gasteiger partial charge in [-0.3, -0.25) is 9.78 Å². The van der Waals surface area contributed by atoms with Crippen LogP contribution in [-0.2, 0) is 0 Å². The molecule has 2 rings (SSSR count). The third kappa shape index (κ3) is 3.12. The van der Waals surface area contributed by atoms with Crippen LogP contribution in [0.5, 0.6) is 5.88 Å². The van der Waals surface area contributed by atoms with Gasteiger partial charge in [0, 0.05) is 0 Å². The Hall–Kier alpha value is -3.36. The number of hydrogen-bond acceptors (Lipinski definition) is 5. The zero-order valence-electron chi connectivity index (χ0n) is 12.5. The van der Waals surface area contributed by atoms with E-state index in [2.05, 4.69) is 10.1 Å². The fourth-order valence-electron chi connectivity index (χ4n) is 2.08. The second-order valence-electron chi connectivity index (χ2n) is 4.75. The Morgan fingerprint density at radius 2 is 2.00 bits per heavy atom. The molecule has 5 N–H and O–H groups in total. The number of aryl methyl sites for hydroxylation is 1. The van der Waals surface area contributed by atoms with Crippen LogP contribution in [0, 0.1) is 6.92 Å². The second kappa shape index (κ2) is 6.18. The summed E-state index contributed by atoms with van der Waals surface area (Å²) in [5.74, 6) is -0.583. The Bertz CT molecular complexity index is 910. The number of amides is 2. The molecule has 9 heteroatoms. The van der Waals surface area contributed by atoms with Gasteiger partial charge in [-0.1, -0.05) is 18.2 Å². The van der Waals surface area contributed by atoms with E-state index in [1.54, 1.807) is 31.2 Å². The summed E-state index contributed by atoms with van der Waals surface area (Å²) in [4.78, 5) is 36.8. The molecule has 0 saturated heterocycles. The molecule has 1 aromatic carbocycles. The molecule has 0 aliphatic rings. The van der Waals surface area contributed by atoms with Crippen molar-refractivity contribution in [1.29, 1.82) is 0 Å². The molecule has 0 aliphatic carbocycles. The topological polar surface area (TPSA) is 143 Å². The predicted molar refractivity (Wildman–Crippen MR) is 84.0 cm³/mol. The molecule has 2 amide bonds. The summed E-state index contributed by atoms with van der Waals surface area (Å²) in [7, 11) is 0. The number of hydrazone groups is 1.